The Balaban J connectivity index is 1.84. The normalized spacial score (nSPS) is 33.2. The van der Waals surface area contributed by atoms with Crippen molar-refractivity contribution in [2.24, 2.45) is 11.3 Å². The number of hydrogen-bond donors (Lipinski definition) is 2. The number of ether oxygens (including phenoxy) is 1. The molecule has 0 bridgehead atoms. The van der Waals surface area contributed by atoms with Crippen LogP contribution in [0.4, 0.5) is 0 Å². The molecule has 19 heavy (non-hydrogen) atoms. The summed E-state index contributed by atoms with van der Waals surface area (Å²) in [6.45, 7) is 6.94. The van der Waals surface area contributed by atoms with Gasteiger partial charge in [0.05, 0.1) is 11.7 Å². The lowest BCUT2D eigenvalue weighted by Gasteiger charge is -2.58. The van der Waals surface area contributed by atoms with Gasteiger partial charge in [0.1, 0.15) is 0 Å². The smallest absolute Gasteiger partial charge is 0.223 e. The molecule has 4 heteroatoms. The molecule has 1 saturated carbocycles. The quantitative estimate of drug-likeness (QED) is 0.744. The lowest BCUT2D eigenvalue weighted by Crippen LogP contribution is -2.68. The Morgan fingerprint density at radius 3 is 2.58 bits per heavy atom. The van der Waals surface area contributed by atoms with Crippen molar-refractivity contribution in [2.45, 2.75) is 51.7 Å². The number of hydrogen-bond acceptors (Lipinski definition) is 3. The van der Waals surface area contributed by atoms with Crippen molar-refractivity contribution in [3.05, 3.63) is 12.2 Å². The topological polar surface area (TPSA) is 58.6 Å². The zero-order valence-corrected chi connectivity index (χ0v) is 12.1. The fourth-order valence-electron chi connectivity index (χ4n) is 2.97. The van der Waals surface area contributed by atoms with Gasteiger partial charge in [0.2, 0.25) is 5.91 Å². The van der Waals surface area contributed by atoms with E-state index in [2.05, 4.69) is 5.32 Å². The Labute approximate surface area is 115 Å². The Hall–Kier alpha value is -0.870. The highest BCUT2D eigenvalue weighted by Gasteiger charge is 2.59. The molecule has 2 aliphatic rings. The Morgan fingerprint density at radius 2 is 2.05 bits per heavy atom. The minimum atomic E-state index is -0.853. The fourth-order valence-corrected chi connectivity index (χ4v) is 2.97. The van der Waals surface area contributed by atoms with Crippen LogP contribution >= 0.6 is 0 Å². The van der Waals surface area contributed by atoms with E-state index in [4.69, 9.17) is 4.74 Å². The van der Waals surface area contributed by atoms with Crippen LogP contribution in [-0.4, -0.2) is 35.9 Å². The van der Waals surface area contributed by atoms with Gasteiger partial charge >= 0.3 is 0 Å². The maximum Gasteiger partial charge on any atom is 0.223 e. The maximum atomic E-state index is 12.0. The van der Waals surface area contributed by atoms with Crippen molar-refractivity contribution in [2.75, 3.05) is 13.2 Å². The number of nitrogens with one attached hydrogen (secondary N) is 1. The van der Waals surface area contributed by atoms with E-state index < -0.39 is 5.60 Å². The number of carbonyl (C=O) groups is 1. The summed E-state index contributed by atoms with van der Waals surface area (Å²) >= 11 is 0. The summed E-state index contributed by atoms with van der Waals surface area (Å²) in [4.78, 5) is 12.0. The first-order valence-corrected chi connectivity index (χ1v) is 7.17. The molecule has 0 spiro atoms. The van der Waals surface area contributed by atoms with Crippen LogP contribution in [0.3, 0.4) is 0 Å². The van der Waals surface area contributed by atoms with Crippen LogP contribution < -0.4 is 5.32 Å². The summed E-state index contributed by atoms with van der Waals surface area (Å²) in [5.41, 5.74) is -1.17. The molecule has 0 aromatic heterocycles. The zero-order valence-electron chi connectivity index (χ0n) is 12.1. The highest BCUT2D eigenvalue weighted by atomic mass is 16.5. The van der Waals surface area contributed by atoms with Crippen molar-refractivity contribution < 1.29 is 14.6 Å². The maximum absolute atomic E-state index is 12.0. The van der Waals surface area contributed by atoms with Crippen LogP contribution in [0.1, 0.15) is 40.0 Å². The van der Waals surface area contributed by atoms with E-state index in [-0.39, 0.29) is 23.3 Å². The van der Waals surface area contributed by atoms with E-state index in [1.54, 1.807) is 0 Å². The number of allylic oxidation sites excluding steroid dienone is 2. The fraction of sp³-hybridized carbons (Fsp3) is 0.800. The van der Waals surface area contributed by atoms with Gasteiger partial charge in [0.25, 0.3) is 0 Å². The Morgan fingerprint density at radius 1 is 1.42 bits per heavy atom. The Kier molecular flexibility index (Phi) is 4.02. The van der Waals surface area contributed by atoms with Crippen LogP contribution in [0, 0.1) is 11.3 Å². The molecule has 0 radical (unpaired) electrons. The number of amides is 1. The van der Waals surface area contributed by atoms with Crippen LogP contribution in [0.5, 0.6) is 0 Å². The van der Waals surface area contributed by atoms with Crippen molar-refractivity contribution in [1.82, 2.24) is 5.32 Å². The summed E-state index contributed by atoms with van der Waals surface area (Å²) < 4.78 is 5.61. The molecule has 2 rings (SSSR count). The van der Waals surface area contributed by atoms with Gasteiger partial charge in [-0.25, -0.2) is 0 Å². The van der Waals surface area contributed by atoms with E-state index >= 15 is 0 Å². The van der Waals surface area contributed by atoms with Crippen molar-refractivity contribution >= 4 is 5.91 Å². The number of carbonyl (C=O) groups excluding carboxylic acids is 1. The molecule has 0 aliphatic heterocycles. The molecule has 2 N–H and O–H groups in total. The lowest BCUT2D eigenvalue weighted by molar-refractivity contribution is -0.238. The first-order valence-electron chi connectivity index (χ1n) is 7.17. The Bertz CT molecular complexity index is 370. The van der Waals surface area contributed by atoms with Gasteiger partial charge in [-0.1, -0.05) is 26.0 Å². The highest BCUT2D eigenvalue weighted by Crippen LogP contribution is 2.50. The third-order valence-corrected chi connectivity index (χ3v) is 4.83. The second kappa shape index (κ2) is 5.25. The summed E-state index contributed by atoms with van der Waals surface area (Å²) in [7, 11) is 0. The van der Waals surface area contributed by atoms with Gasteiger partial charge in [0.15, 0.2) is 0 Å². The molecule has 1 amide bonds. The van der Waals surface area contributed by atoms with Gasteiger partial charge in [-0.3, -0.25) is 4.79 Å². The SMILES string of the molecule is CCO[C@@H]1C[C@](O)(CNC(=O)C2CC=CC2)C1(C)C. The van der Waals surface area contributed by atoms with Crippen LogP contribution in [0.25, 0.3) is 0 Å². The molecule has 0 aromatic rings. The summed E-state index contributed by atoms with van der Waals surface area (Å²) in [5, 5.41) is 13.5. The van der Waals surface area contributed by atoms with Crippen LogP contribution in [-0.2, 0) is 9.53 Å². The van der Waals surface area contributed by atoms with E-state index in [0.29, 0.717) is 19.6 Å². The molecule has 0 aromatic carbocycles. The van der Waals surface area contributed by atoms with Gasteiger partial charge in [0, 0.05) is 30.9 Å². The van der Waals surface area contributed by atoms with E-state index in [9.17, 15) is 9.90 Å². The second-order valence-electron chi connectivity index (χ2n) is 6.26. The molecule has 4 nitrogen and oxygen atoms in total. The predicted octanol–water partition coefficient (Wildman–Crippen LogP) is 1.63. The van der Waals surface area contributed by atoms with E-state index in [1.165, 1.54) is 0 Å². The second-order valence-corrected chi connectivity index (χ2v) is 6.26. The molecular weight excluding hydrogens is 242 g/mol. The average molecular weight is 267 g/mol. The number of rotatable bonds is 5. The summed E-state index contributed by atoms with van der Waals surface area (Å²) in [6, 6.07) is 0. The third-order valence-electron chi connectivity index (χ3n) is 4.83. The lowest BCUT2D eigenvalue weighted by atomic mass is 9.56. The van der Waals surface area contributed by atoms with E-state index in [1.807, 2.05) is 32.9 Å². The largest absolute Gasteiger partial charge is 0.387 e. The molecule has 2 aliphatic carbocycles. The minimum Gasteiger partial charge on any atom is -0.387 e. The molecule has 1 fully saturated rings. The minimum absolute atomic E-state index is 0.0501. The summed E-state index contributed by atoms with van der Waals surface area (Å²) in [6.07, 6.45) is 6.38. The predicted molar refractivity (Wildman–Crippen MR) is 73.6 cm³/mol. The molecular formula is C15H25NO3. The molecule has 0 unspecified atom stereocenters. The monoisotopic (exact) mass is 267 g/mol. The van der Waals surface area contributed by atoms with E-state index in [0.717, 1.165) is 12.8 Å². The van der Waals surface area contributed by atoms with Crippen molar-refractivity contribution in [1.29, 1.82) is 0 Å². The summed E-state index contributed by atoms with van der Waals surface area (Å²) in [5.74, 6) is 0.101. The molecule has 0 saturated heterocycles. The van der Waals surface area contributed by atoms with Gasteiger partial charge in [-0.05, 0) is 19.8 Å². The van der Waals surface area contributed by atoms with Crippen molar-refractivity contribution in [3.63, 3.8) is 0 Å². The highest BCUT2D eigenvalue weighted by molar-refractivity contribution is 5.79. The van der Waals surface area contributed by atoms with Crippen LogP contribution in [0.2, 0.25) is 0 Å². The molecule has 108 valence electrons. The number of aliphatic hydroxyl groups is 1. The molecule has 2 atom stereocenters. The molecule has 0 heterocycles. The first-order chi connectivity index (χ1) is 8.90. The van der Waals surface area contributed by atoms with Gasteiger partial charge < -0.3 is 15.2 Å². The van der Waals surface area contributed by atoms with Gasteiger partial charge in [-0.15, -0.1) is 0 Å². The van der Waals surface area contributed by atoms with Crippen molar-refractivity contribution in [3.8, 4) is 0 Å². The zero-order chi connectivity index (χ0) is 14.1. The standard InChI is InChI=1S/C15H25NO3/c1-4-19-12-9-15(18,14(12,2)3)10-16-13(17)11-7-5-6-8-11/h5-6,11-12,18H,4,7-10H2,1-3H3,(H,16,17)/t12-,15+/m1/s1. The van der Waals surface area contributed by atoms with Gasteiger partial charge in [-0.2, -0.15) is 0 Å². The first kappa shape index (κ1) is 14.5. The third kappa shape index (κ3) is 2.56. The van der Waals surface area contributed by atoms with Crippen LogP contribution in [0.15, 0.2) is 12.2 Å². The average Bonchev–Trinajstić information content (AvgIpc) is 2.89.